The van der Waals surface area contributed by atoms with E-state index in [9.17, 15) is 13.2 Å². The van der Waals surface area contributed by atoms with Gasteiger partial charge in [-0.25, -0.2) is 13.6 Å². The molecule has 2 aromatic rings. The van der Waals surface area contributed by atoms with Gasteiger partial charge in [0.2, 0.25) is 15.9 Å². The molecule has 1 aromatic carbocycles. The Hall–Kier alpha value is -1.93. The summed E-state index contributed by atoms with van der Waals surface area (Å²) >= 11 is 0. The van der Waals surface area contributed by atoms with Crippen LogP contribution < -0.4 is 10.0 Å². The summed E-state index contributed by atoms with van der Waals surface area (Å²) in [4.78, 5) is 13.7. The summed E-state index contributed by atoms with van der Waals surface area (Å²) in [5, 5.41) is 12.7. The number of carbonyl (C=O) groups is 1. The Balaban J connectivity index is 1.91. The summed E-state index contributed by atoms with van der Waals surface area (Å²) in [6.07, 6.45) is 1.86. The van der Waals surface area contributed by atoms with Crippen LogP contribution in [0.2, 0.25) is 0 Å². The van der Waals surface area contributed by atoms with Crippen LogP contribution in [-0.4, -0.2) is 36.8 Å². The lowest BCUT2D eigenvalue weighted by atomic mass is 10.1. The number of hydrogen-bond donors (Lipinski definition) is 2. The van der Waals surface area contributed by atoms with Crippen LogP contribution in [0.5, 0.6) is 0 Å². The Labute approximate surface area is 115 Å². The van der Waals surface area contributed by atoms with Crippen molar-refractivity contribution in [1.29, 1.82) is 0 Å². The molecule has 3 rings (SSSR count). The van der Waals surface area contributed by atoms with E-state index < -0.39 is 10.0 Å². The molecule has 1 amide bonds. The van der Waals surface area contributed by atoms with E-state index in [0.717, 1.165) is 16.6 Å². The maximum atomic E-state index is 12.1. The molecule has 3 N–H and O–H groups in total. The number of sulfonamides is 1. The van der Waals surface area contributed by atoms with Crippen LogP contribution in [-0.2, 0) is 14.8 Å². The molecule has 1 aliphatic rings. The highest BCUT2D eigenvalue weighted by molar-refractivity contribution is 7.89. The standard InChI is InChI=1S/C12H14N4O3S/c13-20(18,19)7-8-4-12(17)16(6-8)11-3-1-2-10-9(11)5-14-15-10/h1-3,5,8H,4,6-7H2,(H,14,15)(H2,13,18,19). The van der Waals surface area contributed by atoms with E-state index >= 15 is 0 Å². The van der Waals surface area contributed by atoms with Crippen molar-refractivity contribution in [2.24, 2.45) is 11.1 Å². The molecule has 1 fully saturated rings. The first-order valence-corrected chi connectivity index (χ1v) is 7.88. The lowest BCUT2D eigenvalue weighted by molar-refractivity contribution is -0.117. The molecule has 0 radical (unpaired) electrons. The predicted molar refractivity (Wildman–Crippen MR) is 74.5 cm³/mol. The number of primary sulfonamides is 1. The van der Waals surface area contributed by atoms with Crippen molar-refractivity contribution in [3.8, 4) is 0 Å². The van der Waals surface area contributed by atoms with Crippen LogP contribution in [0.1, 0.15) is 6.42 Å². The fraction of sp³-hybridized carbons (Fsp3) is 0.333. The summed E-state index contributed by atoms with van der Waals surface area (Å²) in [5.74, 6) is -0.525. The molecular formula is C12H14N4O3S. The van der Waals surface area contributed by atoms with Crippen molar-refractivity contribution < 1.29 is 13.2 Å². The quantitative estimate of drug-likeness (QED) is 0.843. The van der Waals surface area contributed by atoms with Gasteiger partial charge in [-0.3, -0.25) is 9.89 Å². The minimum absolute atomic E-state index is 0.0904. The molecule has 1 aliphatic heterocycles. The molecule has 8 heteroatoms. The van der Waals surface area contributed by atoms with Crippen molar-refractivity contribution in [2.45, 2.75) is 6.42 Å². The number of fused-ring (bicyclic) bond motifs is 1. The molecule has 106 valence electrons. The van der Waals surface area contributed by atoms with Crippen LogP contribution in [0, 0.1) is 5.92 Å². The minimum atomic E-state index is -3.57. The zero-order valence-corrected chi connectivity index (χ0v) is 11.4. The molecule has 0 bridgehead atoms. The average molecular weight is 294 g/mol. The summed E-state index contributed by atoms with van der Waals surface area (Å²) in [7, 11) is -3.57. The smallest absolute Gasteiger partial charge is 0.227 e. The van der Waals surface area contributed by atoms with Crippen molar-refractivity contribution >= 4 is 32.5 Å². The van der Waals surface area contributed by atoms with E-state index in [1.807, 2.05) is 18.2 Å². The van der Waals surface area contributed by atoms with Gasteiger partial charge in [-0.1, -0.05) is 6.07 Å². The highest BCUT2D eigenvalue weighted by Gasteiger charge is 2.33. The first-order valence-electron chi connectivity index (χ1n) is 6.17. The number of nitrogens with one attached hydrogen (secondary N) is 1. The average Bonchev–Trinajstić information content (AvgIpc) is 2.93. The highest BCUT2D eigenvalue weighted by atomic mass is 32.2. The van der Waals surface area contributed by atoms with Gasteiger partial charge >= 0.3 is 0 Å². The lowest BCUT2D eigenvalue weighted by Crippen LogP contribution is -2.27. The van der Waals surface area contributed by atoms with E-state index in [4.69, 9.17) is 5.14 Å². The molecule has 7 nitrogen and oxygen atoms in total. The minimum Gasteiger partial charge on any atom is -0.311 e. The molecular weight excluding hydrogens is 280 g/mol. The Kier molecular flexibility index (Phi) is 2.98. The second-order valence-electron chi connectivity index (χ2n) is 5.01. The Morgan fingerprint density at radius 1 is 1.45 bits per heavy atom. The largest absolute Gasteiger partial charge is 0.311 e. The van der Waals surface area contributed by atoms with Crippen molar-refractivity contribution in [2.75, 3.05) is 17.2 Å². The van der Waals surface area contributed by atoms with E-state index in [1.165, 1.54) is 0 Å². The number of benzene rings is 1. The van der Waals surface area contributed by atoms with Crippen molar-refractivity contribution in [1.82, 2.24) is 10.2 Å². The normalized spacial score (nSPS) is 19.9. The molecule has 1 atom stereocenters. The second-order valence-corrected chi connectivity index (χ2v) is 6.67. The number of hydrogen-bond acceptors (Lipinski definition) is 4. The maximum absolute atomic E-state index is 12.1. The number of aromatic nitrogens is 2. The maximum Gasteiger partial charge on any atom is 0.227 e. The van der Waals surface area contributed by atoms with E-state index in [0.29, 0.717) is 6.54 Å². The number of nitrogens with two attached hydrogens (primary N) is 1. The zero-order chi connectivity index (χ0) is 14.3. The van der Waals surface area contributed by atoms with E-state index in [1.54, 1.807) is 11.1 Å². The topological polar surface area (TPSA) is 109 Å². The lowest BCUT2D eigenvalue weighted by Gasteiger charge is -2.17. The SMILES string of the molecule is NS(=O)(=O)CC1CC(=O)N(c2cccc3[nH]ncc23)C1. The van der Waals surface area contributed by atoms with Gasteiger partial charge in [-0.15, -0.1) is 0 Å². The summed E-state index contributed by atoms with van der Waals surface area (Å²) < 4.78 is 22.3. The second kappa shape index (κ2) is 4.57. The van der Waals surface area contributed by atoms with Gasteiger partial charge in [0, 0.05) is 24.3 Å². The van der Waals surface area contributed by atoms with Crippen LogP contribution in [0.25, 0.3) is 10.9 Å². The number of carbonyl (C=O) groups excluding carboxylic acids is 1. The first kappa shape index (κ1) is 13.1. The van der Waals surface area contributed by atoms with Gasteiger partial charge in [-0.05, 0) is 12.1 Å². The molecule has 20 heavy (non-hydrogen) atoms. The number of nitrogens with zero attached hydrogens (tertiary/aromatic N) is 2. The Bertz CT molecular complexity index is 768. The summed E-state index contributed by atoms with van der Waals surface area (Å²) in [6.45, 7) is 0.361. The molecule has 0 saturated carbocycles. The van der Waals surface area contributed by atoms with Gasteiger partial charge < -0.3 is 4.90 Å². The molecule has 1 unspecified atom stereocenters. The van der Waals surface area contributed by atoms with Crippen LogP contribution in [0.3, 0.4) is 0 Å². The third-order valence-electron chi connectivity index (χ3n) is 3.43. The number of amides is 1. The first-order chi connectivity index (χ1) is 9.44. The highest BCUT2D eigenvalue weighted by Crippen LogP contribution is 2.31. The third-order valence-corrected chi connectivity index (χ3v) is 4.36. The molecule has 1 aromatic heterocycles. The molecule has 2 heterocycles. The molecule has 0 aliphatic carbocycles. The Morgan fingerprint density at radius 2 is 2.25 bits per heavy atom. The monoisotopic (exact) mass is 294 g/mol. The fourth-order valence-corrected chi connectivity index (χ4v) is 3.52. The zero-order valence-electron chi connectivity index (χ0n) is 10.6. The molecule has 1 saturated heterocycles. The van der Waals surface area contributed by atoms with E-state index in [2.05, 4.69) is 10.2 Å². The number of rotatable bonds is 3. The van der Waals surface area contributed by atoms with Crippen LogP contribution in [0.4, 0.5) is 5.69 Å². The van der Waals surface area contributed by atoms with Crippen molar-refractivity contribution in [3.05, 3.63) is 24.4 Å². The predicted octanol–water partition coefficient (Wildman–Crippen LogP) is 0.204. The van der Waals surface area contributed by atoms with Gasteiger partial charge in [0.05, 0.1) is 23.2 Å². The van der Waals surface area contributed by atoms with Crippen LogP contribution in [0.15, 0.2) is 24.4 Å². The van der Waals surface area contributed by atoms with Gasteiger partial charge in [-0.2, -0.15) is 5.10 Å². The Morgan fingerprint density at radius 3 is 3.00 bits per heavy atom. The number of aromatic amines is 1. The number of H-pyrrole nitrogens is 1. The fourth-order valence-electron chi connectivity index (χ4n) is 2.64. The van der Waals surface area contributed by atoms with Crippen LogP contribution >= 0.6 is 0 Å². The van der Waals surface area contributed by atoms with Gasteiger partial charge in [0.25, 0.3) is 0 Å². The summed E-state index contributed by atoms with van der Waals surface area (Å²) in [6, 6.07) is 5.53. The summed E-state index contributed by atoms with van der Waals surface area (Å²) in [5.41, 5.74) is 1.59. The van der Waals surface area contributed by atoms with Gasteiger partial charge in [0.1, 0.15) is 0 Å². The van der Waals surface area contributed by atoms with E-state index in [-0.39, 0.29) is 24.0 Å². The van der Waals surface area contributed by atoms with Crippen molar-refractivity contribution in [3.63, 3.8) is 0 Å². The third kappa shape index (κ3) is 2.39. The van der Waals surface area contributed by atoms with Gasteiger partial charge in [0.15, 0.2) is 0 Å². The number of anilines is 1. The molecule has 0 spiro atoms.